The summed E-state index contributed by atoms with van der Waals surface area (Å²) in [7, 11) is 0. The summed E-state index contributed by atoms with van der Waals surface area (Å²) >= 11 is 0. The first-order chi connectivity index (χ1) is 9.66. The fourth-order valence-electron chi connectivity index (χ4n) is 2.47. The van der Waals surface area contributed by atoms with Crippen LogP contribution in [-0.4, -0.2) is 27.5 Å². The van der Waals surface area contributed by atoms with Gasteiger partial charge in [-0.3, -0.25) is 9.78 Å². The number of carbonyl (C=O) groups is 1. The summed E-state index contributed by atoms with van der Waals surface area (Å²) in [4.78, 5) is 22.4. The zero-order valence-electron chi connectivity index (χ0n) is 11.2. The molecule has 20 heavy (non-hydrogen) atoms. The average Bonchev–Trinajstić information content (AvgIpc) is 2.47. The summed E-state index contributed by atoms with van der Waals surface area (Å²) < 4.78 is 0. The number of amides is 1. The van der Waals surface area contributed by atoms with Crippen molar-refractivity contribution in [3.05, 3.63) is 47.5 Å². The molecule has 3 rings (SSSR count). The topological polar surface area (TPSA) is 66.3 Å². The van der Waals surface area contributed by atoms with Crippen LogP contribution in [0.4, 0.5) is 5.69 Å². The number of carbonyl (C=O) groups excluding carboxylic acids is 1. The molecule has 2 heterocycles. The molecule has 0 unspecified atom stereocenters. The summed E-state index contributed by atoms with van der Waals surface area (Å²) in [5.41, 5.74) is 2.66. The molecule has 5 nitrogen and oxygen atoms in total. The molecule has 1 aliphatic heterocycles. The molecule has 1 amide bonds. The van der Waals surface area contributed by atoms with Crippen molar-refractivity contribution >= 4 is 11.6 Å². The Hall–Kier alpha value is -2.43. The molecule has 0 saturated carbocycles. The van der Waals surface area contributed by atoms with Gasteiger partial charge < -0.3 is 10.0 Å². The van der Waals surface area contributed by atoms with Gasteiger partial charge in [0, 0.05) is 12.7 Å². The average molecular weight is 269 g/mol. The Kier molecular flexibility index (Phi) is 3.10. The largest absolute Gasteiger partial charge is 0.506 e. The highest BCUT2D eigenvalue weighted by Gasteiger charge is 2.26. The molecule has 1 aliphatic rings. The lowest BCUT2D eigenvalue weighted by Crippen LogP contribution is -2.36. The standard InChI is InChI=1S/C15H15N3O2/c1-10-8-17-12(9-16-10)15(20)18-7-3-5-11-4-2-6-13(19)14(11)18/h2,4,6,8-9,19H,3,5,7H2,1H3. The number of rotatable bonds is 1. The second-order valence-corrected chi connectivity index (χ2v) is 4.89. The number of para-hydroxylation sites is 1. The van der Waals surface area contributed by atoms with Crippen LogP contribution in [0.2, 0.25) is 0 Å². The van der Waals surface area contributed by atoms with Crippen LogP contribution in [0.25, 0.3) is 0 Å². The fraction of sp³-hybridized carbons (Fsp3) is 0.267. The van der Waals surface area contributed by atoms with Crippen molar-refractivity contribution in [2.45, 2.75) is 19.8 Å². The smallest absolute Gasteiger partial charge is 0.278 e. The number of anilines is 1. The number of aromatic hydroxyl groups is 1. The molecule has 0 atom stereocenters. The minimum atomic E-state index is -0.222. The molecular weight excluding hydrogens is 254 g/mol. The number of hydrogen-bond acceptors (Lipinski definition) is 4. The molecule has 0 saturated heterocycles. The predicted molar refractivity (Wildman–Crippen MR) is 74.9 cm³/mol. The molecule has 1 N–H and O–H groups in total. The number of aromatic nitrogens is 2. The first-order valence-electron chi connectivity index (χ1n) is 6.58. The Morgan fingerprint density at radius 3 is 2.90 bits per heavy atom. The molecule has 102 valence electrons. The second kappa shape index (κ2) is 4.92. The van der Waals surface area contributed by atoms with Gasteiger partial charge in [0.25, 0.3) is 5.91 Å². The zero-order valence-corrected chi connectivity index (χ0v) is 11.2. The van der Waals surface area contributed by atoms with Gasteiger partial charge in [-0.05, 0) is 31.4 Å². The third kappa shape index (κ3) is 2.11. The van der Waals surface area contributed by atoms with Crippen LogP contribution in [0.1, 0.15) is 28.2 Å². The normalized spacial score (nSPS) is 13.9. The Bertz CT molecular complexity index is 653. The van der Waals surface area contributed by atoms with Gasteiger partial charge in [0.15, 0.2) is 0 Å². The van der Waals surface area contributed by atoms with Crippen LogP contribution in [-0.2, 0) is 6.42 Å². The highest BCUT2D eigenvalue weighted by atomic mass is 16.3. The molecule has 5 heteroatoms. The molecule has 0 fully saturated rings. The fourth-order valence-corrected chi connectivity index (χ4v) is 2.47. The van der Waals surface area contributed by atoms with Gasteiger partial charge in [-0.15, -0.1) is 0 Å². The van der Waals surface area contributed by atoms with Gasteiger partial charge in [-0.1, -0.05) is 12.1 Å². The molecular formula is C15H15N3O2. The van der Waals surface area contributed by atoms with E-state index in [1.165, 1.54) is 6.20 Å². The predicted octanol–water partition coefficient (Wildman–Crippen LogP) is 2.08. The maximum absolute atomic E-state index is 12.5. The van der Waals surface area contributed by atoms with Crippen LogP contribution in [0.15, 0.2) is 30.6 Å². The van der Waals surface area contributed by atoms with Crippen LogP contribution < -0.4 is 4.90 Å². The summed E-state index contributed by atoms with van der Waals surface area (Å²) in [6, 6.07) is 5.34. The lowest BCUT2D eigenvalue weighted by atomic mass is 10.0. The number of phenols is 1. The summed E-state index contributed by atoms with van der Waals surface area (Å²) in [6.45, 7) is 2.41. The Balaban J connectivity index is 2.00. The van der Waals surface area contributed by atoms with E-state index in [0.717, 1.165) is 24.1 Å². The van der Waals surface area contributed by atoms with Crippen molar-refractivity contribution in [2.24, 2.45) is 0 Å². The van der Waals surface area contributed by atoms with Gasteiger partial charge in [0.2, 0.25) is 0 Å². The Morgan fingerprint density at radius 1 is 1.30 bits per heavy atom. The van der Waals surface area contributed by atoms with Crippen molar-refractivity contribution in [2.75, 3.05) is 11.4 Å². The highest BCUT2D eigenvalue weighted by molar-refractivity contribution is 6.06. The lowest BCUT2D eigenvalue weighted by Gasteiger charge is -2.29. The van der Waals surface area contributed by atoms with E-state index >= 15 is 0 Å². The van der Waals surface area contributed by atoms with Crippen molar-refractivity contribution in [3.8, 4) is 5.75 Å². The summed E-state index contributed by atoms with van der Waals surface area (Å²) in [5, 5.41) is 10.0. The Morgan fingerprint density at radius 2 is 2.15 bits per heavy atom. The van der Waals surface area contributed by atoms with E-state index in [4.69, 9.17) is 0 Å². The van der Waals surface area contributed by atoms with Gasteiger partial charge in [-0.25, -0.2) is 4.98 Å². The SMILES string of the molecule is Cc1cnc(C(=O)N2CCCc3cccc(O)c32)cn1. The molecule has 0 aliphatic carbocycles. The number of nitrogens with zero attached hydrogens (tertiary/aromatic N) is 3. The monoisotopic (exact) mass is 269 g/mol. The number of phenolic OH excluding ortho intramolecular Hbond substituents is 1. The summed E-state index contributed by atoms with van der Waals surface area (Å²) in [5.74, 6) is -0.0874. The van der Waals surface area contributed by atoms with E-state index in [-0.39, 0.29) is 11.7 Å². The zero-order chi connectivity index (χ0) is 14.1. The van der Waals surface area contributed by atoms with Crippen LogP contribution in [0, 0.1) is 6.92 Å². The molecule has 0 radical (unpaired) electrons. The van der Waals surface area contributed by atoms with E-state index < -0.39 is 0 Å². The minimum Gasteiger partial charge on any atom is -0.506 e. The van der Waals surface area contributed by atoms with E-state index in [1.54, 1.807) is 23.2 Å². The van der Waals surface area contributed by atoms with E-state index in [2.05, 4.69) is 9.97 Å². The number of fused-ring (bicyclic) bond motifs is 1. The first kappa shape index (κ1) is 12.6. The number of hydrogen-bond donors (Lipinski definition) is 1. The van der Waals surface area contributed by atoms with Crippen LogP contribution >= 0.6 is 0 Å². The maximum Gasteiger partial charge on any atom is 0.278 e. The van der Waals surface area contributed by atoms with Crippen molar-refractivity contribution in [1.82, 2.24) is 9.97 Å². The highest BCUT2D eigenvalue weighted by Crippen LogP contribution is 2.35. The second-order valence-electron chi connectivity index (χ2n) is 4.89. The van der Waals surface area contributed by atoms with Crippen LogP contribution in [0.3, 0.4) is 0 Å². The molecule has 1 aromatic heterocycles. The van der Waals surface area contributed by atoms with Crippen molar-refractivity contribution in [3.63, 3.8) is 0 Å². The lowest BCUT2D eigenvalue weighted by molar-refractivity contribution is 0.0979. The van der Waals surface area contributed by atoms with Crippen molar-refractivity contribution < 1.29 is 9.90 Å². The Labute approximate surface area is 116 Å². The third-order valence-corrected chi connectivity index (χ3v) is 3.44. The van der Waals surface area contributed by atoms with E-state index in [0.29, 0.717) is 17.9 Å². The van der Waals surface area contributed by atoms with Gasteiger partial charge in [0.1, 0.15) is 11.4 Å². The molecule has 0 bridgehead atoms. The van der Waals surface area contributed by atoms with Gasteiger partial charge in [-0.2, -0.15) is 0 Å². The van der Waals surface area contributed by atoms with Crippen molar-refractivity contribution in [1.29, 1.82) is 0 Å². The van der Waals surface area contributed by atoms with Gasteiger partial charge in [0.05, 0.1) is 17.6 Å². The van der Waals surface area contributed by atoms with E-state index in [1.807, 2.05) is 13.0 Å². The molecule has 2 aromatic rings. The maximum atomic E-state index is 12.5. The van der Waals surface area contributed by atoms with Crippen LogP contribution in [0.5, 0.6) is 5.75 Å². The molecule has 0 spiro atoms. The van der Waals surface area contributed by atoms with E-state index in [9.17, 15) is 9.90 Å². The number of benzene rings is 1. The first-order valence-corrected chi connectivity index (χ1v) is 6.58. The van der Waals surface area contributed by atoms with Gasteiger partial charge >= 0.3 is 0 Å². The number of aryl methyl sites for hydroxylation is 2. The quantitative estimate of drug-likeness (QED) is 0.860. The molecule has 1 aromatic carbocycles. The summed E-state index contributed by atoms with van der Waals surface area (Å²) in [6.07, 6.45) is 4.80. The minimum absolute atomic E-state index is 0.135. The third-order valence-electron chi connectivity index (χ3n) is 3.44.